The molecule has 0 aromatic heterocycles. The Balaban J connectivity index is 2.76. The molecule has 2 rings (SSSR count). The van der Waals surface area contributed by atoms with Crippen LogP contribution in [0.1, 0.15) is 53.3 Å². The number of hydrogen-bond donors (Lipinski definition) is 1. The van der Waals surface area contributed by atoms with E-state index in [1.165, 1.54) is 13.0 Å². The van der Waals surface area contributed by atoms with Crippen molar-refractivity contribution in [2.24, 2.45) is 0 Å². The topological polar surface area (TPSA) is 12.0 Å². The largest absolute Gasteiger partial charge is 0.416 e. The molecule has 2 aromatic rings. The zero-order valence-corrected chi connectivity index (χ0v) is 16.0. The molecule has 0 aliphatic heterocycles. The Morgan fingerprint density at radius 3 is 1.33 bits per heavy atom. The number of benzene rings is 2. The summed E-state index contributed by atoms with van der Waals surface area (Å²) in [4.78, 5) is 0. The maximum Gasteiger partial charge on any atom is 0.416 e. The highest BCUT2D eigenvalue weighted by atomic mass is 19.4. The fraction of sp³-hybridized carbons (Fsp3) is 0.400. The van der Waals surface area contributed by atoms with E-state index < -0.39 is 52.9 Å². The lowest BCUT2D eigenvalue weighted by Gasteiger charge is -2.25. The zero-order chi connectivity index (χ0) is 23.1. The molecule has 1 atom stereocenters. The molecule has 0 aliphatic carbocycles. The molecule has 2 aromatic carbocycles. The molecular weight excluding hydrogens is 425 g/mol. The molecule has 166 valence electrons. The van der Waals surface area contributed by atoms with Crippen molar-refractivity contribution in [2.45, 2.75) is 51.4 Å². The first kappa shape index (κ1) is 24.0. The van der Waals surface area contributed by atoms with Crippen molar-refractivity contribution in [1.82, 2.24) is 5.32 Å². The lowest BCUT2D eigenvalue weighted by atomic mass is 9.92. The van der Waals surface area contributed by atoms with E-state index in [9.17, 15) is 39.5 Å². The zero-order valence-electron chi connectivity index (χ0n) is 16.0. The van der Waals surface area contributed by atoms with Crippen LogP contribution in [0.15, 0.2) is 36.4 Å². The van der Waals surface area contributed by atoms with Crippen LogP contribution < -0.4 is 5.32 Å². The van der Waals surface area contributed by atoms with Crippen LogP contribution in [-0.2, 0) is 18.5 Å². The van der Waals surface area contributed by atoms with Gasteiger partial charge in [0.25, 0.3) is 0 Å². The molecule has 0 heterocycles. The Labute approximate surface area is 166 Å². The fourth-order valence-corrected chi connectivity index (χ4v) is 3.01. The summed E-state index contributed by atoms with van der Waals surface area (Å²) in [5.41, 5.74) is -4.49. The lowest BCUT2D eigenvalue weighted by molar-refractivity contribution is -0.143. The van der Waals surface area contributed by atoms with Crippen molar-refractivity contribution >= 4 is 0 Å². The van der Waals surface area contributed by atoms with Crippen molar-refractivity contribution in [3.05, 3.63) is 69.8 Å². The SMILES string of the molecule is Cc1cc(C(NC(C)C)c2cc(C(F)(F)F)cc(C(F)(F)F)c2)cc(C(F)(F)F)c1. The van der Waals surface area contributed by atoms with Gasteiger partial charge in [-0.05, 0) is 62.2 Å². The highest BCUT2D eigenvalue weighted by Gasteiger charge is 2.38. The maximum absolute atomic E-state index is 13.2. The maximum atomic E-state index is 13.2. The third kappa shape index (κ3) is 5.90. The standard InChI is InChI=1S/C20H18F9N/c1-10(2)30-17(12-4-11(3)5-14(6-12)18(21,22)23)13-7-15(19(24,25)26)9-16(8-13)20(27,28)29/h4-10,17,30H,1-3H3. The molecule has 1 nitrogen and oxygen atoms in total. The average Bonchev–Trinajstić information content (AvgIpc) is 2.56. The van der Waals surface area contributed by atoms with Gasteiger partial charge in [-0.2, -0.15) is 39.5 Å². The predicted octanol–water partition coefficient (Wildman–Crippen LogP) is 7.14. The molecule has 0 saturated carbocycles. The van der Waals surface area contributed by atoms with E-state index in [4.69, 9.17) is 0 Å². The van der Waals surface area contributed by atoms with Crippen molar-refractivity contribution in [3.8, 4) is 0 Å². The van der Waals surface area contributed by atoms with Gasteiger partial charge in [-0.3, -0.25) is 0 Å². The Kier molecular flexibility index (Phi) is 6.51. The minimum absolute atomic E-state index is 0.0205. The van der Waals surface area contributed by atoms with E-state index in [0.29, 0.717) is 12.1 Å². The summed E-state index contributed by atoms with van der Waals surface area (Å²) in [6.07, 6.45) is -14.9. The van der Waals surface area contributed by atoms with Gasteiger partial charge in [0.15, 0.2) is 0 Å². The number of hydrogen-bond acceptors (Lipinski definition) is 1. The third-order valence-electron chi connectivity index (χ3n) is 4.20. The van der Waals surface area contributed by atoms with E-state index in [0.717, 1.165) is 12.1 Å². The first-order valence-electron chi connectivity index (χ1n) is 8.72. The molecule has 1 unspecified atom stereocenters. The quantitative estimate of drug-likeness (QED) is 0.496. The summed E-state index contributed by atoms with van der Waals surface area (Å²) >= 11 is 0. The molecule has 0 radical (unpaired) electrons. The molecule has 30 heavy (non-hydrogen) atoms. The summed E-state index contributed by atoms with van der Waals surface area (Å²) in [6, 6.07) is 2.11. The predicted molar refractivity (Wildman–Crippen MR) is 92.7 cm³/mol. The van der Waals surface area contributed by atoms with E-state index in [1.54, 1.807) is 13.8 Å². The number of aryl methyl sites for hydroxylation is 1. The summed E-state index contributed by atoms with van der Waals surface area (Å²) in [5, 5.41) is 2.77. The van der Waals surface area contributed by atoms with Crippen molar-refractivity contribution < 1.29 is 39.5 Å². The molecule has 0 bridgehead atoms. The Hall–Kier alpha value is -2.23. The van der Waals surface area contributed by atoms with Gasteiger partial charge < -0.3 is 5.32 Å². The van der Waals surface area contributed by atoms with Crippen LogP contribution in [0, 0.1) is 6.92 Å². The first-order valence-corrected chi connectivity index (χ1v) is 8.72. The molecule has 0 aliphatic rings. The van der Waals surface area contributed by atoms with Crippen molar-refractivity contribution in [3.63, 3.8) is 0 Å². The summed E-state index contributed by atoms with van der Waals surface area (Å²) in [6.45, 7) is 4.51. The molecule has 0 fully saturated rings. The number of rotatable bonds is 4. The fourth-order valence-electron chi connectivity index (χ4n) is 3.01. The number of alkyl halides is 9. The average molecular weight is 443 g/mol. The van der Waals surface area contributed by atoms with Crippen LogP contribution in [0.4, 0.5) is 39.5 Å². The molecule has 1 N–H and O–H groups in total. The Bertz CT molecular complexity index is 860. The number of halogens is 9. The normalized spacial score (nSPS) is 14.3. The van der Waals surface area contributed by atoms with Crippen molar-refractivity contribution in [1.29, 1.82) is 0 Å². The third-order valence-corrected chi connectivity index (χ3v) is 4.20. The summed E-state index contributed by atoms with van der Waals surface area (Å²) in [7, 11) is 0. The van der Waals surface area contributed by atoms with Gasteiger partial charge in [-0.15, -0.1) is 0 Å². The Morgan fingerprint density at radius 1 is 0.600 bits per heavy atom. The van der Waals surface area contributed by atoms with Crippen LogP contribution in [0.25, 0.3) is 0 Å². The summed E-state index contributed by atoms with van der Waals surface area (Å²) < 4.78 is 119. The minimum Gasteiger partial charge on any atom is -0.304 e. The monoisotopic (exact) mass is 443 g/mol. The van der Waals surface area contributed by atoms with Gasteiger partial charge in [-0.1, -0.05) is 11.6 Å². The second kappa shape index (κ2) is 8.13. The van der Waals surface area contributed by atoms with Gasteiger partial charge in [0, 0.05) is 6.04 Å². The first-order chi connectivity index (χ1) is 13.5. The minimum atomic E-state index is -5.07. The molecule has 0 saturated heterocycles. The van der Waals surface area contributed by atoms with Gasteiger partial charge in [0.1, 0.15) is 0 Å². The van der Waals surface area contributed by atoms with Crippen LogP contribution >= 0.6 is 0 Å². The van der Waals surface area contributed by atoms with E-state index >= 15 is 0 Å². The molecule has 10 heteroatoms. The molecular formula is C20H18F9N. The number of nitrogens with one attached hydrogen (secondary N) is 1. The van der Waals surface area contributed by atoms with E-state index in [-0.39, 0.29) is 17.2 Å². The van der Waals surface area contributed by atoms with Gasteiger partial charge >= 0.3 is 18.5 Å². The van der Waals surface area contributed by atoms with Crippen molar-refractivity contribution in [2.75, 3.05) is 0 Å². The smallest absolute Gasteiger partial charge is 0.304 e. The Morgan fingerprint density at radius 2 is 0.967 bits per heavy atom. The van der Waals surface area contributed by atoms with E-state index in [1.807, 2.05) is 0 Å². The second-order valence-corrected chi connectivity index (χ2v) is 7.22. The van der Waals surface area contributed by atoms with Gasteiger partial charge in [0.2, 0.25) is 0 Å². The van der Waals surface area contributed by atoms with Crippen LogP contribution in [0.5, 0.6) is 0 Å². The highest BCUT2D eigenvalue weighted by Crippen LogP contribution is 2.39. The van der Waals surface area contributed by atoms with Crippen LogP contribution in [0.3, 0.4) is 0 Å². The lowest BCUT2D eigenvalue weighted by Crippen LogP contribution is -2.30. The summed E-state index contributed by atoms with van der Waals surface area (Å²) in [5.74, 6) is 0. The van der Waals surface area contributed by atoms with Gasteiger partial charge in [-0.25, -0.2) is 0 Å². The highest BCUT2D eigenvalue weighted by molar-refractivity contribution is 5.42. The molecule has 0 spiro atoms. The molecule has 0 amide bonds. The van der Waals surface area contributed by atoms with Crippen LogP contribution in [-0.4, -0.2) is 6.04 Å². The van der Waals surface area contributed by atoms with Crippen LogP contribution in [0.2, 0.25) is 0 Å². The van der Waals surface area contributed by atoms with Gasteiger partial charge in [0.05, 0.1) is 22.7 Å². The van der Waals surface area contributed by atoms with E-state index in [2.05, 4.69) is 5.32 Å². The second-order valence-electron chi connectivity index (χ2n) is 7.22.